The first-order valence-corrected chi connectivity index (χ1v) is 5.90. The van der Waals surface area contributed by atoms with Crippen molar-refractivity contribution >= 4 is 18.1 Å². The number of hydrogen-bond donors (Lipinski definition) is 1. The Labute approximate surface area is 107 Å². The molecule has 0 aliphatic heterocycles. The molecule has 0 saturated heterocycles. The van der Waals surface area contributed by atoms with E-state index in [0.29, 0.717) is 17.8 Å². The van der Waals surface area contributed by atoms with Crippen LogP contribution in [0.3, 0.4) is 0 Å². The van der Waals surface area contributed by atoms with E-state index in [0.717, 1.165) is 25.7 Å². The number of rotatable bonds is 3. The normalized spacial score (nSPS) is 16.5. The molecule has 0 radical (unpaired) electrons. The minimum atomic E-state index is -0.475. The summed E-state index contributed by atoms with van der Waals surface area (Å²) in [6.45, 7) is 1.86. The zero-order chi connectivity index (χ0) is 11.5. The maximum absolute atomic E-state index is 11.5. The summed E-state index contributed by atoms with van der Waals surface area (Å²) in [5.41, 5.74) is 0.659. The third kappa shape index (κ3) is 2.77. The Morgan fingerprint density at radius 2 is 2.12 bits per heavy atom. The highest BCUT2D eigenvalue weighted by Crippen LogP contribution is 2.25. The maximum atomic E-state index is 11.5. The fourth-order valence-electron chi connectivity index (χ4n) is 2.26. The molecule has 1 heterocycles. The number of nitrogens with zero attached hydrogens (tertiary/aromatic N) is 2. The summed E-state index contributed by atoms with van der Waals surface area (Å²) in [6.07, 6.45) is 6.17. The minimum Gasteiger partial charge on any atom is -0.539 e. The van der Waals surface area contributed by atoms with Crippen molar-refractivity contribution in [1.82, 2.24) is 5.27 Å². The maximum Gasteiger partial charge on any atom is 0.277 e. The molecular weight excluding hydrogens is 242 g/mol. The zero-order valence-corrected chi connectivity index (χ0v) is 10.8. The highest BCUT2D eigenvalue weighted by molar-refractivity contribution is 5.96. The third-order valence-corrected chi connectivity index (χ3v) is 3.19. The van der Waals surface area contributed by atoms with Gasteiger partial charge in [-0.15, -0.1) is 12.4 Å². The van der Waals surface area contributed by atoms with Crippen LogP contribution in [0, 0.1) is 5.41 Å². The van der Waals surface area contributed by atoms with Gasteiger partial charge in [-0.25, -0.2) is 0 Å². The van der Waals surface area contributed by atoms with Gasteiger partial charge in [0.2, 0.25) is 0 Å². The van der Waals surface area contributed by atoms with Gasteiger partial charge in [-0.2, -0.15) is 0 Å². The lowest BCUT2D eigenvalue weighted by Crippen LogP contribution is -2.46. The first-order valence-electron chi connectivity index (χ1n) is 5.90. The van der Waals surface area contributed by atoms with Crippen LogP contribution in [0.5, 0.6) is 5.95 Å². The first-order chi connectivity index (χ1) is 7.74. The Kier molecular flexibility index (Phi) is 4.93. The molecule has 1 aromatic rings. The van der Waals surface area contributed by atoms with Crippen molar-refractivity contribution in [3.8, 4) is 5.95 Å². The van der Waals surface area contributed by atoms with Gasteiger partial charge in [0.25, 0.3) is 5.69 Å². The van der Waals surface area contributed by atoms with E-state index in [1.165, 1.54) is 6.42 Å². The molecule has 0 spiro atoms. The Balaban J connectivity index is 0.00000144. The van der Waals surface area contributed by atoms with Crippen molar-refractivity contribution < 1.29 is 14.3 Å². The second kappa shape index (κ2) is 6.00. The molecule has 1 fully saturated rings. The summed E-state index contributed by atoms with van der Waals surface area (Å²) in [6, 6.07) is 0.238. The first kappa shape index (κ1) is 14.0. The Morgan fingerprint density at radius 1 is 1.47 bits per heavy atom. The molecule has 1 aliphatic carbocycles. The van der Waals surface area contributed by atoms with Crippen LogP contribution in [0.4, 0.5) is 0 Å². The predicted molar refractivity (Wildman–Crippen MR) is 62.6 cm³/mol. The molecule has 5 nitrogen and oxygen atoms in total. The molecule has 0 aromatic carbocycles. The van der Waals surface area contributed by atoms with E-state index in [1.807, 2.05) is 6.92 Å². The quantitative estimate of drug-likeness (QED) is 0.663. The monoisotopic (exact) mass is 259 g/mol. The Morgan fingerprint density at radius 3 is 2.71 bits per heavy atom. The van der Waals surface area contributed by atoms with E-state index in [2.05, 4.69) is 9.79 Å². The average molecular weight is 260 g/mol. The zero-order valence-electron chi connectivity index (χ0n) is 9.94. The summed E-state index contributed by atoms with van der Waals surface area (Å²) in [7, 11) is 0. The van der Waals surface area contributed by atoms with E-state index in [-0.39, 0.29) is 18.4 Å². The van der Waals surface area contributed by atoms with E-state index in [4.69, 9.17) is 5.41 Å². The molecule has 0 bridgehead atoms. The van der Waals surface area contributed by atoms with Gasteiger partial charge >= 0.3 is 0 Å². The Hall–Kier alpha value is -1.10. The van der Waals surface area contributed by atoms with Gasteiger partial charge in [-0.1, -0.05) is 18.0 Å². The van der Waals surface area contributed by atoms with Crippen LogP contribution < -0.4 is 9.79 Å². The van der Waals surface area contributed by atoms with Crippen LogP contribution >= 0.6 is 12.4 Å². The fourth-order valence-corrected chi connectivity index (χ4v) is 2.26. The topological polar surface area (TPSA) is 76.8 Å². The van der Waals surface area contributed by atoms with Gasteiger partial charge in [0.15, 0.2) is 12.0 Å². The molecule has 1 aliphatic rings. The van der Waals surface area contributed by atoms with E-state index in [1.54, 1.807) is 4.68 Å². The number of nitrogens with one attached hydrogen (secondary N) is 1. The second-order valence-corrected chi connectivity index (χ2v) is 4.28. The van der Waals surface area contributed by atoms with Crippen molar-refractivity contribution in [2.24, 2.45) is 0 Å². The van der Waals surface area contributed by atoms with Gasteiger partial charge in [0, 0.05) is 12.8 Å². The van der Waals surface area contributed by atoms with E-state index >= 15 is 0 Å². The molecule has 0 amide bonds. The predicted octanol–water partition coefficient (Wildman–Crippen LogP) is 1.74. The molecule has 0 atom stereocenters. The molecular formula is C11H18ClN3O2. The molecule has 1 aromatic heterocycles. The van der Waals surface area contributed by atoms with Crippen LogP contribution in [-0.4, -0.2) is 11.0 Å². The lowest BCUT2D eigenvalue weighted by molar-refractivity contribution is -0.788. The summed E-state index contributed by atoms with van der Waals surface area (Å²) < 4.78 is 6.32. The standard InChI is InChI=1S/C11H17N3O2.ClH/c1-2-9(12)10-11(15)16-13-14(10)8-6-4-3-5-7-8;/h8H,2-7H2,1H3,(H-,12,13,15);1H. The summed E-state index contributed by atoms with van der Waals surface area (Å²) in [4.78, 5) is 0. The van der Waals surface area contributed by atoms with Crippen molar-refractivity contribution in [2.45, 2.75) is 51.5 Å². The third-order valence-electron chi connectivity index (χ3n) is 3.19. The SMILES string of the molecule is CCC(=N)c1c([O-])on[n+]1C1CCCCC1.Cl. The minimum absolute atomic E-state index is 0. The molecule has 1 N–H and O–H groups in total. The van der Waals surface area contributed by atoms with Crippen molar-refractivity contribution in [2.75, 3.05) is 0 Å². The lowest BCUT2D eigenvalue weighted by Gasteiger charge is -2.15. The summed E-state index contributed by atoms with van der Waals surface area (Å²) in [5.74, 6) is -0.475. The second-order valence-electron chi connectivity index (χ2n) is 4.28. The summed E-state index contributed by atoms with van der Waals surface area (Å²) >= 11 is 0. The number of aromatic nitrogens is 2. The molecule has 1 saturated carbocycles. The van der Waals surface area contributed by atoms with Crippen molar-refractivity contribution in [1.29, 1.82) is 5.41 Å². The van der Waals surface area contributed by atoms with Gasteiger partial charge in [-0.05, 0) is 19.3 Å². The van der Waals surface area contributed by atoms with Crippen LogP contribution in [0.2, 0.25) is 0 Å². The van der Waals surface area contributed by atoms with Gasteiger partial charge in [0.1, 0.15) is 5.71 Å². The molecule has 2 rings (SSSR count). The molecule has 96 valence electrons. The largest absolute Gasteiger partial charge is 0.539 e. The number of hydrogen-bond acceptors (Lipinski definition) is 4. The average Bonchev–Trinajstić information content (AvgIpc) is 2.71. The van der Waals surface area contributed by atoms with Crippen LogP contribution in [0.25, 0.3) is 0 Å². The Bertz CT molecular complexity index is 386. The lowest BCUT2D eigenvalue weighted by atomic mass is 9.95. The summed E-state index contributed by atoms with van der Waals surface area (Å²) in [5, 5.41) is 23.1. The number of halogens is 1. The van der Waals surface area contributed by atoms with Crippen molar-refractivity contribution in [3.05, 3.63) is 5.69 Å². The molecule has 6 heteroatoms. The van der Waals surface area contributed by atoms with Crippen LogP contribution in [0.15, 0.2) is 4.52 Å². The van der Waals surface area contributed by atoms with Crippen LogP contribution in [0.1, 0.15) is 57.2 Å². The van der Waals surface area contributed by atoms with Gasteiger partial charge in [0.05, 0.1) is 5.27 Å². The van der Waals surface area contributed by atoms with E-state index < -0.39 is 5.95 Å². The van der Waals surface area contributed by atoms with E-state index in [9.17, 15) is 5.11 Å². The highest BCUT2D eigenvalue weighted by atomic mass is 35.5. The molecule has 17 heavy (non-hydrogen) atoms. The smallest absolute Gasteiger partial charge is 0.277 e. The van der Waals surface area contributed by atoms with Crippen molar-refractivity contribution in [3.63, 3.8) is 0 Å². The highest BCUT2D eigenvalue weighted by Gasteiger charge is 2.30. The van der Waals surface area contributed by atoms with Crippen LogP contribution in [-0.2, 0) is 0 Å². The molecule has 0 unspecified atom stereocenters. The van der Waals surface area contributed by atoms with Gasteiger partial charge in [-0.3, -0.25) is 5.41 Å². The fraction of sp³-hybridized carbons (Fsp3) is 0.727. The van der Waals surface area contributed by atoms with Gasteiger partial charge < -0.3 is 9.63 Å².